The van der Waals surface area contributed by atoms with Crippen LogP contribution in [0.1, 0.15) is 19.4 Å². The highest BCUT2D eigenvalue weighted by molar-refractivity contribution is 14.0. The van der Waals surface area contributed by atoms with Crippen LogP contribution in [-0.2, 0) is 6.54 Å². The maximum absolute atomic E-state index is 5.72. The molecule has 0 spiro atoms. The lowest BCUT2D eigenvalue weighted by molar-refractivity contribution is 0.124. The van der Waals surface area contributed by atoms with Crippen molar-refractivity contribution in [3.8, 4) is 5.75 Å². The molecule has 2 N–H and O–H groups in total. The van der Waals surface area contributed by atoms with Gasteiger partial charge in [0.15, 0.2) is 5.96 Å². The second kappa shape index (κ2) is 14.6. The van der Waals surface area contributed by atoms with E-state index in [1.54, 1.807) is 6.08 Å². The van der Waals surface area contributed by atoms with Crippen molar-refractivity contribution >= 4 is 29.9 Å². The maximum atomic E-state index is 5.72. The third-order valence-electron chi connectivity index (χ3n) is 5.10. The Morgan fingerprint density at radius 3 is 2.55 bits per heavy atom. The lowest BCUT2D eigenvalue weighted by Crippen LogP contribution is -2.48. The molecule has 0 amide bonds. The van der Waals surface area contributed by atoms with Crippen molar-refractivity contribution in [2.75, 3.05) is 59.5 Å². The van der Waals surface area contributed by atoms with Gasteiger partial charge < -0.3 is 25.2 Å². The molecular formula is C22H38IN5O. The van der Waals surface area contributed by atoms with E-state index in [2.05, 4.69) is 51.9 Å². The number of ether oxygens (including phenoxy) is 1. The molecule has 1 atom stereocenters. The van der Waals surface area contributed by atoms with Crippen molar-refractivity contribution in [1.82, 2.24) is 20.4 Å². The van der Waals surface area contributed by atoms with Gasteiger partial charge in [0, 0.05) is 58.4 Å². The summed E-state index contributed by atoms with van der Waals surface area (Å²) >= 11 is 0. The zero-order valence-electron chi connectivity index (χ0n) is 18.2. The van der Waals surface area contributed by atoms with Crippen LogP contribution in [0.25, 0.3) is 0 Å². The molecule has 1 aliphatic rings. The van der Waals surface area contributed by atoms with E-state index in [1.165, 1.54) is 26.2 Å². The van der Waals surface area contributed by atoms with Crippen LogP contribution in [0.15, 0.2) is 41.9 Å². The number of piperazine rings is 1. The molecular weight excluding hydrogens is 477 g/mol. The number of aliphatic imine (C=N–C) groups is 1. The Kier molecular flexibility index (Phi) is 13.0. The van der Waals surface area contributed by atoms with E-state index in [4.69, 9.17) is 4.74 Å². The van der Waals surface area contributed by atoms with Gasteiger partial charge in [0.1, 0.15) is 12.4 Å². The van der Waals surface area contributed by atoms with Crippen LogP contribution in [0.3, 0.4) is 0 Å². The summed E-state index contributed by atoms with van der Waals surface area (Å²) in [5, 5.41) is 6.84. The Morgan fingerprint density at radius 1 is 1.21 bits per heavy atom. The van der Waals surface area contributed by atoms with Gasteiger partial charge in [0.05, 0.1) is 0 Å². The molecule has 1 fully saturated rings. The van der Waals surface area contributed by atoms with Gasteiger partial charge in [0.25, 0.3) is 0 Å². The normalized spacial score (nSPS) is 16.6. The smallest absolute Gasteiger partial charge is 0.191 e. The molecule has 2 rings (SSSR count). The lowest BCUT2D eigenvalue weighted by Gasteiger charge is -2.35. The number of halogens is 1. The van der Waals surface area contributed by atoms with Gasteiger partial charge in [-0.2, -0.15) is 0 Å². The van der Waals surface area contributed by atoms with Gasteiger partial charge in [-0.05, 0) is 18.5 Å². The maximum Gasteiger partial charge on any atom is 0.191 e. The van der Waals surface area contributed by atoms with Gasteiger partial charge in [0.2, 0.25) is 0 Å². The van der Waals surface area contributed by atoms with Gasteiger partial charge in [-0.1, -0.05) is 44.7 Å². The van der Waals surface area contributed by atoms with Crippen LogP contribution in [0.4, 0.5) is 0 Å². The number of guanidine groups is 1. The Balaban J connectivity index is 0.00000420. The van der Waals surface area contributed by atoms with Crippen LogP contribution in [-0.4, -0.2) is 75.2 Å². The van der Waals surface area contributed by atoms with E-state index >= 15 is 0 Å². The van der Waals surface area contributed by atoms with Crippen molar-refractivity contribution in [3.63, 3.8) is 0 Å². The topological polar surface area (TPSA) is 52.1 Å². The number of para-hydroxylation sites is 1. The van der Waals surface area contributed by atoms with E-state index < -0.39 is 0 Å². The van der Waals surface area contributed by atoms with Crippen molar-refractivity contribution in [2.45, 2.75) is 20.4 Å². The first-order valence-corrected chi connectivity index (χ1v) is 10.4. The molecule has 1 aliphatic heterocycles. The van der Waals surface area contributed by atoms with Crippen LogP contribution >= 0.6 is 24.0 Å². The molecule has 1 heterocycles. The minimum Gasteiger partial charge on any atom is -0.489 e. The highest BCUT2D eigenvalue weighted by Crippen LogP contribution is 2.17. The van der Waals surface area contributed by atoms with Crippen LogP contribution < -0.4 is 15.4 Å². The summed E-state index contributed by atoms with van der Waals surface area (Å²) in [7, 11) is 1.81. The van der Waals surface area contributed by atoms with Gasteiger partial charge in [-0.25, -0.2) is 0 Å². The zero-order chi connectivity index (χ0) is 20.2. The number of hydrogen-bond acceptors (Lipinski definition) is 4. The number of nitrogens with one attached hydrogen (secondary N) is 2. The van der Waals surface area contributed by atoms with E-state index in [0.717, 1.165) is 36.9 Å². The van der Waals surface area contributed by atoms with Gasteiger partial charge in [-0.15, -0.1) is 24.0 Å². The SMILES string of the molecule is C=CCOc1ccccc1CNC(=NC)NCC(C)CN1CCN(CC)CC1.I. The molecule has 1 unspecified atom stereocenters. The van der Waals surface area contributed by atoms with Crippen molar-refractivity contribution in [2.24, 2.45) is 10.9 Å². The van der Waals surface area contributed by atoms with Crippen LogP contribution in [0.2, 0.25) is 0 Å². The summed E-state index contributed by atoms with van der Waals surface area (Å²) in [5.74, 6) is 2.26. The quantitative estimate of drug-likeness (QED) is 0.217. The first kappa shape index (κ1) is 25.7. The van der Waals surface area contributed by atoms with Gasteiger partial charge in [-0.3, -0.25) is 4.99 Å². The van der Waals surface area contributed by atoms with E-state index in [9.17, 15) is 0 Å². The molecule has 0 radical (unpaired) electrons. The molecule has 0 bridgehead atoms. The van der Waals surface area contributed by atoms with E-state index in [-0.39, 0.29) is 24.0 Å². The molecule has 0 saturated carbocycles. The van der Waals surface area contributed by atoms with Crippen LogP contribution in [0, 0.1) is 5.92 Å². The van der Waals surface area contributed by atoms with Crippen molar-refractivity contribution in [1.29, 1.82) is 0 Å². The second-order valence-electron chi connectivity index (χ2n) is 7.35. The molecule has 1 aromatic carbocycles. The monoisotopic (exact) mass is 515 g/mol. The average molecular weight is 515 g/mol. The summed E-state index contributed by atoms with van der Waals surface area (Å²) < 4.78 is 5.72. The number of hydrogen-bond donors (Lipinski definition) is 2. The third kappa shape index (κ3) is 9.35. The molecule has 164 valence electrons. The molecule has 0 aliphatic carbocycles. The number of likely N-dealkylation sites (N-methyl/N-ethyl adjacent to an activating group) is 1. The fourth-order valence-corrected chi connectivity index (χ4v) is 3.40. The number of nitrogens with zero attached hydrogens (tertiary/aromatic N) is 3. The fourth-order valence-electron chi connectivity index (χ4n) is 3.40. The molecule has 0 aromatic heterocycles. The van der Waals surface area contributed by atoms with Crippen molar-refractivity contribution < 1.29 is 4.74 Å². The highest BCUT2D eigenvalue weighted by atomic mass is 127. The predicted octanol–water partition coefficient (Wildman–Crippen LogP) is 2.81. The molecule has 1 saturated heterocycles. The van der Waals surface area contributed by atoms with Crippen LogP contribution in [0.5, 0.6) is 5.75 Å². The van der Waals surface area contributed by atoms with Crippen molar-refractivity contribution in [3.05, 3.63) is 42.5 Å². The molecule has 29 heavy (non-hydrogen) atoms. The Bertz CT molecular complexity index is 617. The van der Waals surface area contributed by atoms with E-state index in [0.29, 0.717) is 19.1 Å². The Labute approximate surface area is 193 Å². The number of rotatable bonds is 10. The molecule has 1 aromatic rings. The summed E-state index contributed by atoms with van der Waals surface area (Å²) in [5.41, 5.74) is 1.11. The third-order valence-corrected chi connectivity index (χ3v) is 5.10. The summed E-state index contributed by atoms with van der Waals surface area (Å²) in [6, 6.07) is 8.06. The van der Waals surface area contributed by atoms with Gasteiger partial charge >= 0.3 is 0 Å². The summed E-state index contributed by atoms with van der Waals surface area (Å²) in [6.45, 7) is 17.3. The highest BCUT2D eigenvalue weighted by Gasteiger charge is 2.17. The average Bonchev–Trinajstić information content (AvgIpc) is 2.73. The standard InChI is InChI=1S/C22H37N5O.HI/c1-5-15-28-21-10-8-7-9-20(21)17-25-22(23-4)24-16-19(3)18-27-13-11-26(6-2)12-14-27;/h5,7-10,19H,1,6,11-18H2,2-4H3,(H2,23,24,25);1H. The minimum atomic E-state index is 0. The Hall–Kier alpha value is -1.32. The summed E-state index contributed by atoms with van der Waals surface area (Å²) in [4.78, 5) is 9.44. The second-order valence-corrected chi connectivity index (χ2v) is 7.35. The molecule has 6 nitrogen and oxygen atoms in total. The first-order valence-electron chi connectivity index (χ1n) is 10.4. The zero-order valence-corrected chi connectivity index (χ0v) is 20.5. The largest absolute Gasteiger partial charge is 0.489 e. The first-order chi connectivity index (χ1) is 13.7. The fraction of sp³-hybridized carbons (Fsp3) is 0.591. The van der Waals surface area contributed by atoms with E-state index in [1.807, 2.05) is 25.2 Å². The Morgan fingerprint density at radius 2 is 1.90 bits per heavy atom. The predicted molar refractivity (Wildman–Crippen MR) is 133 cm³/mol. The molecule has 7 heteroatoms. The minimum absolute atomic E-state index is 0. The number of benzene rings is 1. The summed E-state index contributed by atoms with van der Waals surface area (Å²) in [6.07, 6.45) is 1.76. The lowest BCUT2D eigenvalue weighted by atomic mass is 10.1.